The van der Waals surface area contributed by atoms with Crippen LogP contribution in [-0.2, 0) is 40.0 Å². The van der Waals surface area contributed by atoms with Crippen molar-refractivity contribution in [3.8, 4) is 5.75 Å². The summed E-state index contributed by atoms with van der Waals surface area (Å²) in [6.07, 6.45) is -0.903. The molecule has 0 aliphatic carbocycles. The zero-order chi connectivity index (χ0) is 29.9. The molecule has 3 rings (SSSR count). The topological polar surface area (TPSA) is 146 Å². The minimum absolute atomic E-state index is 0.0330. The molecule has 2 N–H and O–H groups in total. The van der Waals surface area contributed by atoms with E-state index in [1.165, 1.54) is 26.8 Å². The Balaban J connectivity index is 1.89. The zero-order valence-electron chi connectivity index (χ0n) is 23.6. The van der Waals surface area contributed by atoms with E-state index in [1.807, 2.05) is 37.3 Å². The van der Waals surface area contributed by atoms with Gasteiger partial charge in [0, 0.05) is 6.92 Å². The third-order valence-corrected chi connectivity index (χ3v) is 6.65. The highest BCUT2D eigenvalue weighted by molar-refractivity contribution is 6.01. The summed E-state index contributed by atoms with van der Waals surface area (Å²) in [4.78, 5) is 63.1. The van der Waals surface area contributed by atoms with Crippen molar-refractivity contribution in [2.75, 3.05) is 5.32 Å². The van der Waals surface area contributed by atoms with E-state index in [2.05, 4.69) is 10.6 Å². The number of rotatable bonds is 11. The molecular weight excluding hydrogens is 532 g/mol. The Morgan fingerprint density at radius 2 is 1.68 bits per heavy atom. The summed E-state index contributed by atoms with van der Waals surface area (Å²) in [5.74, 6) is -3.65. The van der Waals surface area contributed by atoms with Crippen LogP contribution in [0, 0.1) is 5.92 Å². The number of ether oxygens (including phenoxy) is 4. The van der Waals surface area contributed by atoms with Crippen LogP contribution in [0.2, 0.25) is 0 Å². The van der Waals surface area contributed by atoms with Crippen LogP contribution >= 0.6 is 0 Å². The molecular formula is C30H36N2O9. The molecule has 2 amide bonds. The van der Waals surface area contributed by atoms with E-state index >= 15 is 0 Å². The average Bonchev–Trinajstić information content (AvgIpc) is 2.96. The highest BCUT2D eigenvalue weighted by Gasteiger charge is 2.43. The number of hydrogen-bond acceptors (Lipinski definition) is 9. The fraction of sp³-hybridized carbons (Fsp3) is 0.433. The second kappa shape index (κ2) is 14.8. The monoisotopic (exact) mass is 568 g/mol. The number of carbonyl (C=O) groups excluding carboxylic acids is 5. The number of hydrogen-bond donors (Lipinski definition) is 2. The van der Waals surface area contributed by atoms with Crippen LogP contribution in [-0.4, -0.2) is 54.6 Å². The molecule has 1 fully saturated rings. The van der Waals surface area contributed by atoms with Gasteiger partial charge in [0.1, 0.15) is 18.8 Å². The molecule has 2 aromatic carbocycles. The van der Waals surface area contributed by atoms with Gasteiger partial charge in [-0.15, -0.1) is 0 Å². The van der Waals surface area contributed by atoms with Gasteiger partial charge in [-0.25, -0.2) is 4.79 Å². The van der Waals surface area contributed by atoms with Gasteiger partial charge in [0.25, 0.3) is 5.91 Å². The second-order valence-corrected chi connectivity index (χ2v) is 9.78. The Bertz CT molecular complexity index is 1230. The Labute approximate surface area is 238 Å². The second-order valence-electron chi connectivity index (χ2n) is 9.78. The lowest BCUT2D eigenvalue weighted by atomic mass is 9.92. The van der Waals surface area contributed by atoms with Crippen LogP contribution in [0.1, 0.15) is 62.9 Å². The molecule has 11 heteroatoms. The smallest absolute Gasteiger partial charge is 0.332 e. The molecule has 0 unspecified atom stereocenters. The standard InChI is InChI=1S/C30H36N2O9/c1-5-6-13-23-26(41-20(4)34)19(3)40-30(37)25(18(2)39-29(23)36)32-28(35)22-14-10-15-24(31-17-33)27(22)38-16-21-11-8-7-9-12-21/h7-12,14-15,17-19,23,25-26H,5-6,13,16H2,1-4H3,(H,31,33)(H,32,35)/t18-,19+,23-,25+,26+/m1/s1. The van der Waals surface area contributed by atoms with E-state index in [0.29, 0.717) is 19.3 Å². The summed E-state index contributed by atoms with van der Waals surface area (Å²) in [6.45, 7) is 6.26. The number of carbonyl (C=O) groups is 5. The molecule has 41 heavy (non-hydrogen) atoms. The van der Waals surface area contributed by atoms with Crippen molar-refractivity contribution in [2.45, 2.75) is 77.9 Å². The third-order valence-electron chi connectivity index (χ3n) is 6.65. The molecule has 2 aromatic rings. The fourth-order valence-electron chi connectivity index (χ4n) is 4.56. The summed E-state index contributed by atoms with van der Waals surface area (Å²) in [7, 11) is 0. The van der Waals surface area contributed by atoms with E-state index in [9.17, 15) is 24.0 Å². The van der Waals surface area contributed by atoms with E-state index < -0.39 is 54.1 Å². The average molecular weight is 569 g/mol. The van der Waals surface area contributed by atoms with Gasteiger partial charge in [0.15, 0.2) is 17.9 Å². The van der Waals surface area contributed by atoms with Crippen molar-refractivity contribution >= 4 is 35.9 Å². The number of nitrogens with one attached hydrogen (secondary N) is 2. The van der Waals surface area contributed by atoms with Gasteiger partial charge in [0.05, 0.1) is 17.2 Å². The summed E-state index contributed by atoms with van der Waals surface area (Å²) in [5.41, 5.74) is 1.11. The lowest BCUT2D eigenvalue weighted by Gasteiger charge is -2.28. The van der Waals surface area contributed by atoms with E-state index in [0.717, 1.165) is 12.0 Å². The number of anilines is 1. The Hall–Kier alpha value is -4.41. The molecule has 0 saturated carbocycles. The highest BCUT2D eigenvalue weighted by Crippen LogP contribution is 2.31. The van der Waals surface area contributed by atoms with Crippen molar-refractivity contribution in [3.05, 3.63) is 59.7 Å². The molecule has 11 nitrogen and oxygen atoms in total. The van der Waals surface area contributed by atoms with Crippen LogP contribution in [0.4, 0.5) is 5.69 Å². The summed E-state index contributed by atoms with van der Waals surface area (Å²) >= 11 is 0. The summed E-state index contributed by atoms with van der Waals surface area (Å²) in [6, 6.07) is 12.4. The van der Waals surface area contributed by atoms with Gasteiger partial charge >= 0.3 is 17.9 Å². The minimum atomic E-state index is -1.39. The number of amides is 2. The van der Waals surface area contributed by atoms with Crippen LogP contribution < -0.4 is 15.4 Å². The molecule has 0 spiro atoms. The van der Waals surface area contributed by atoms with Gasteiger partial charge in [0.2, 0.25) is 6.41 Å². The maximum absolute atomic E-state index is 13.5. The van der Waals surface area contributed by atoms with Crippen molar-refractivity contribution in [1.29, 1.82) is 0 Å². The maximum Gasteiger partial charge on any atom is 0.332 e. The SMILES string of the molecule is CCCC[C@H]1C(=O)O[C@H](C)[C@H](NC(=O)c2cccc(NC=O)c2OCc2ccccc2)C(=O)O[C@@H](C)[C@@H]1OC(C)=O. The predicted molar refractivity (Wildman–Crippen MR) is 148 cm³/mol. The van der Waals surface area contributed by atoms with Crippen LogP contribution in [0.15, 0.2) is 48.5 Å². The molecule has 1 saturated heterocycles. The van der Waals surface area contributed by atoms with Gasteiger partial charge in [-0.2, -0.15) is 0 Å². The number of para-hydroxylation sites is 1. The molecule has 0 aromatic heterocycles. The van der Waals surface area contributed by atoms with Crippen molar-refractivity contribution < 1.29 is 42.9 Å². The number of esters is 3. The van der Waals surface area contributed by atoms with E-state index in [-0.39, 0.29) is 23.6 Å². The quantitative estimate of drug-likeness (QED) is 0.236. The van der Waals surface area contributed by atoms with Crippen molar-refractivity contribution in [2.24, 2.45) is 5.92 Å². The van der Waals surface area contributed by atoms with Gasteiger partial charge < -0.3 is 29.6 Å². The first-order valence-corrected chi connectivity index (χ1v) is 13.5. The summed E-state index contributed by atoms with van der Waals surface area (Å²) in [5, 5.41) is 5.12. The van der Waals surface area contributed by atoms with Crippen molar-refractivity contribution in [1.82, 2.24) is 5.32 Å². The molecule has 220 valence electrons. The first-order chi connectivity index (χ1) is 19.7. The number of benzene rings is 2. The normalized spacial score (nSPS) is 22.6. The highest BCUT2D eigenvalue weighted by atomic mass is 16.6. The lowest BCUT2D eigenvalue weighted by Crippen LogP contribution is -2.50. The number of unbranched alkanes of at least 4 members (excludes halogenated alkanes) is 1. The molecule has 1 aliphatic heterocycles. The van der Waals surface area contributed by atoms with Gasteiger partial charge in [-0.1, -0.05) is 56.2 Å². The van der Waals surface area contributed by atoms with Gasteiger partial charge in [-0.05, 0) is 38.0 Å². The number of cyclic esters (lactones) is 2. The van der Waals surface area contributed by atoms with Crippen LogP contribution in [0.3, 0.4) is 0 Å². The molecule has 0 radical (unpaired) electrons. The summed E-state index contributed by atoms with van der Waals surface area (Å²) < 4.78 is 22.6. The Morgan fingerprint density at radius 3 is 2.34 bits per heavy atom. The van der Waals surface area contributed by atoms with Crippen LogP contribution in [0.25, 0.3) is 0 Å². The zero-order valence-corrected chi connectivity index (χ0v) is 23.6. The van der Waals surface area contributed by atoms with Crippen LogP contribution in [0.5, 0.6) is 5.75 Å². The molecule has 1 heterocycles. The molecule has 0 bridgehead atoms. The lowest BCUT2D eigenvalue weighted by molar-refractivity contribution is -0.173. The fourth-order valence-corrected chi connectivity index (χ4v) is 4.56. The van der Waals surface area contributed by atoms with Crippen molar-refractivity contribution in [3.63, 3.8) is 0 Å². The largest absolute Gasteiger partial charge is 0.486 e. The first-order valence-electron chi connectivity index (χ1n) is 13.5. The third kappa shape index (κ3) is 8.29. The Morgan fingerprint density at radius 1 is 0.976 bits per heavy atom. The predicted octanol–water partition coefficient (Wildman–Crippen LogP) is 3.55. The van der Waals surface area contributed by atoms with Gasteiger partial charge in [-0.3, -0.25) is 19.2 Å². The van der Waals surface area contributed by atoms with E-state index in [4.69, 9.17) is 18.9 Å². The maximum atomic E-state index is 13.5. The molecule has 1 aliphatic rings. The first kappa shape index (κ1) is 31.1. The molecule has 5 atom stereocenters. The minimum Gasteiger partial charge on any atom is -0.486 e. The Kier molecular flexibility index (Phi) is 11.3. The van der Waals surface area contributed by atoms with E-state index in [1.54, 1.807) is 12.1 Å².